The molecule has 0 aliphatic heterocycles. The first-order chi connectivity index (χ1) is 8.91. The molecule has 0 bridgehead atoms. The van der Waals surface area contributed by atoms with Gasteiger partial charge in [0.05, 0.1) is 11.4 Å². The number of thioether (sulfide) groups is 1. The molecule has 0 atom stereocenters. The SMILES string of the molecule is Cc1[nH]cc(NC(=O)CCSCC(N)=O)c1C(=O)O. The summed E-state index contributed by atoms with van der Waals surface area (Å²) in [5.74, 6) is -1.23. The first kappa shape index (κ1) is 15.1. The van der Waals surface area contributed by atoms with Crippen molar-refractivity contribution in [2.45, 2.75) is 13.3 Å². The fraction of sp³-hybridized carbons (Fsp3) is 0.364. The van der Waals surface area contributed by atoms with Gasteiger partial charge in [0, 0.05) is 24.1 Å². The lowest BCUT2D eigenvalue weighted by molar-refractivity contribution is -0.116. The van der Waals surface area contributed by atoms with Gasteiger partial charge in [-0.3, -0.25) is 9.59 Å². The molecule has 1 rings (SSSR count). The summed E-state index contributed by atoms with van der Waals surface area (Å²) in [7, 11) is 0. The number of nitrogens with one attached hydrogen (secondary N) is 2. The molecule has 0 spiro atoms. The topological polar surface area (TPSA) is 125 Å². The van der Waals surface area contributed by atoms with Crippen LogP contribution in [0.15, 0.2) is 6.20 Å². The molecule has 0 unspecified atom stereocenters. The number of hydrogen-bond donors (Lipinski definition) is 4. The Morgan fingerprint density at radius 3 is 2.74 bits per heavy atom. The number of nitrogens with two attached hydrogens (primary N) is 1. The molecular weight excluding hydrogens is 270 g/mol. The number of carboxylic acids is 1. The Bertz CT molecular complexity index is 498. The van der Waals surface area contributed by atoms with Crippen molar-refractivity contribution in [1.29, 1.82) is 0 Å². The van der Waals surface area contributed by atoms with Crippen molar-refractivity contribution in [2.75, 3.05) is 16.8 Å². The average molecular weight is 285 g/mol. The molecule has 1 aromatic rings. The molecule has 1 aromatic heterocycles. The number of carboxylic acid groups (broad SMARTS) is 1. The van der Waals surface area contributed by atoms with Crippen LogP contribution in [0.25, 0.3) is 0 Å². The highest BCUT2D eigenvalue weighted by atomic mass is 32.2. The van der Waals surface area contributed by atoms with Gasteiger partial charge in [-0.05, 0) is 6.92 Å². The van der Waals surface area contributed by atoms with E-state index in [4.69, 9.17) is 10.8 Å². The lowest BCUT2D eigenvalue weighted by Crippen LogP contribution is -2.16. The predicted molar refractivity (Wildman–Crippen MR) is 72.3 cm³/mol. The third-order valence-corrected chi connectivity index (χ3v) is 3.26. The number of aromatic amines is 1. The summed E-state index contributed by atoms with van der Waals surface area (Å²) in [6.07, 6.45) is 1.62. The number of aromatic nitrogens is 1. The average Bonchev–Trinajstić information content (AvgIpc) is 2.65. The number of anilines is 1. The molecule has 1 heterocycles. The minimum absolute atomic E-state index is 0.0538. The van der Waals surface area contributed by atoms with E-state index < -0.39 is 11.9 Å². The van der Waals surface area contributed by atoms with Gasteiger partial charge >= 0.3 is 5.97 Å². The van der Waals surface area contributed by atoms with Crippen LogP contribution in [-0.2, 0) is 9.59 Å². The van der Waals surface area contributed by atoms with Crippen LogP contribution in [0, 0.1) is 6.92 Å². The molecule has 104 valence electrons. The molecule has 0 aliphatic rings. The predicted octanol–water partition coefficient (Wildman–Crippen LogP) is 0.568. The van der Waals surface area contributed by atoms with Gasteiger partial charge in [0.25, 0.3) is 0 Å². The maximum absolute atomic E-state index is 11.6. The Morgan fingerprint density at radius 2 is 2.16 bits per heavy atom. The number of aromatic carboxylic acids is 1. The van der Waals surface area contributed by atoms with Crippen LogP contribution in [0.1, 0.15) is 22.5 Å². The van der Waals surface area contributed by atoms with E-state index >= 15 is 0 Å². The standard InChI is InChI=1S/C11H15N3O4S/c1-6-10(11(17)18)7(4-13-6)14-9(16)2-3-19-5-8(12)15/h4,13H,2-3,5H2,1H3,(H2,12,15)(H,14,16)(H,17,18). The summed E-state index contributed by atoms with van der Waals surface area (Å²) in [5.41, 5.74) is 5.74. The molecule has 0 radical (unpaired) electrons. The first-order valence-electron chi connectivity index (χ1n) is 5.49. The Kier molecular flexibility index (Phi) is 5.43. The number of aryl methyl sites for hydroxylation is 1. The number of carbonyl (C=O) groups excluding carboxylic acids is 2. The lowest BCUT2D eigenvalue weighted by atomic mass is 10.2. The van der Waals surface area contributed by atoms with Crippen LogP contribution in [0.2, 0.25) is 0 Å². The van der Waals surface area contributed by atoms with Crippen molar-refractivity contribution >= 4 is 35.2 Å². The van der Waals surface area contributed by atoms with Crippen LogP contribution in [0.4, 0.5) is 5.69 Å². The number of H-pyrrole nitrogens is 1. The number of carbonyl (C=O) groups is 3. The summed E-state index contributed by atoms with van der Waals surface area (Å²) in [4.78, 5) is 35.8. The molecule has 0 aromatic carbocycles. The van der Waals surface area contributed by atoms with Crippen molar-refractivity contribution in [3.05, 3.63) is 17.5 Å². The van der Waals surface area contributed by atoms with Crippen molar-refractivity contribution in [3.63, 3.8) is 0 Å². The van der Waals surface area contributed by atoms with Gasteiger partial charge in [0.15, 0.2) is 0 Å². The fourth-order valence-electron chi connectivity index (χ4n) is 1.45. The van der Waals surface area contributed by atoms with Crippen LogP contribution in [-0.4, -0.2) is 39.4 Å². The van der Waals surface area contributed by atoms with E-state index in [1.54, 1.807) is 6.92 Å². The molecule has 5 N–H and O–H groups in total. The lowest BCUT2D eigenvalue weighted by Gasteiger charge is -2.04. The van der Waals surface area contributed by atoms with Gasteiger partial charge in [-0.1, -0.05) is 0 Å². The minimum Gasteiger partial charge on any atom is -0.478 e. The molecule has 0 aliphatic carbocycles. The van der Waals surface area contributed by atoms with Gasteiger partial charge in [-0.2, -0.15) is 11.8 Å². The van der Waals surface area contributed by atoms with E-state index in [1.165, 1.54) is 18.0 Å². The third kappa shape index (κ3) is 4.66. The van der Waals surface area contributed by atoms with Crippen LogP contribution in [0.5, 0.6) is 0 Å². The second-order valence-electron chi connectivity index (χ2n) is 3.82. The zero-order valence-electron chi connectivity index (χ0n) is 10.4. The number of amides is 2. The molecule has 0 saturated carbocycles. The number of primary amides is 1. The van der Waals surface area contributed by atoms with E-state index in [9.17, 15) is 14.4 Å². The molecular formula is C11H15N3O4S. The van der Waals surface area contributed by atoms with Crippen molar-refractivity contribution < 1.29 is 19.5 Å². The van der Waals surface area contributed by atoms with Crippen LogP contribution in [0.3, 0.4) is 0 Å². The highest BCUT2D eigenvalue weighted by molar-refractivity contribution is 7.99. The zero-order valence-corrected chi connectivity index (χ0v) is 11.2. The van der Waals surface area contributed by atoms with Crippen molar-refractivity contribution in [2.24, 2.45) is 5.73 Å². The van der Waals surface area contributed by atoms with Crippen molar-refractivity contribution in [1.82, 2.24) is 4.98 Å². The second kappa shape index (κ2) is 6.83. The van der Waals surface area contributed by atoms with E-state index in [2.05, 4.69) is 10.3 Å². The monoisotopic (exact) mass is 285 g/mol. The molecule has 0 saturated heterocycles. The summed E-state index contributed by atoms with van der Waals surface area (Å²) in [5, 5.41) is 11.5. The number of hydrogen-bond acceptors (Lipinski definition) is 4. The minimum atomic E-state index is -1.10. The fourth-order valence-corrected chi connectivity index (χ4v) is 2.13. The molecule has 19 heavy (non-hydrogen) atoms. The Hall–Kier alpha value is -1.96. The Morgan fingerprint density at radius 1 is 1.47 bits per heavy atom. The van der Waals surface area contributed by atoms with Crippen LogP contribution < -0.4 is 11.1 Å². The summed E-state index contributed by atoms with van der Waals surface area (Å²) in [6, 6.07) is 0. The third-order valence-electron chi connectivity index (χ3n) is 2.28. The van der Waals surface area contributed by atoms with Gasteiger partial charge in [0.1, 0.15) is 5.56 Å². The largest absolute Gasteiger partial charge is 0.478 e. The normalized spacial score (nSPS) is 10.2. The summed E-state index contributed by atoms with van der Waals surface area (Å²) in [6.45, 7) is 1.61. The first-order valence-corrected chi connectivity index (χ1v) is 6.64. The highest BCUT2D eigenvalue weighted by Crippen LogP contribution is 2.19. The quantitative estimate of drug-likeness (QED) is 0.545. The van der Waals surface area contributed by atoms with Gasteiger partial charge in [-0.25, -0.2) is 4.79 Å². The Labute approximate surface area is 113 Å². The van der Waals surface area contributed by atoms with E-state index in [0.29, 0.717) is 11.4 Å². The molecule has 0 fully saturated rings. The van der Waals surface area contributed by atoms with Gasteiger partial charge in [-0.15, -0.1) is 0 Å². The van der Waals surface area contributed by atoms with E-state index in [-0.39, 0.29) is 29.3 Å². The summed E-state index contributed by atoms with van der Waals surface area (Å²) >= 11 is 1.26. The molecule has 7 nitrogen and oxygen atoms in total. The second-order valence-corrected chi connectivity index (χ2v) is 4.93. The zero-order chi connectivity index (χ0) is 14.4. The highest BCUT2D eigenvalue weighted by Gasteiger charge is 2.16. The smallest absolute Gasteiger partial charge is 0.339 e. The Balaban J connectivity index is 2.49. The van der Waals surface area contributed by atoms with E-state index in [0.717, 1.165) is 0 Å². The number of rotatable bonds is 7. The van der Waals surface area contributed by atoms with E-state index in [1.807, 2.05) is 0 Å². The maximum atomic E-state index is 11.6. The molecule has 8 heteroatoms. The van der Waals surface area contributed by atoms with Gasteiger partial charge < -0.3 is 21.1 Å². The maximum Gasteiger partial charge on any atom is 0.339 e. The van der Waals surface area contributed by atoms with Crippen molar-refractivity contribution in [3.8, 4) is 0 Å². The van der Waals surface area contributed by atoms with Crippen LogP contribution >= 0.6 is 11.8 Å². The summed E-state index contributed by atoms with van der Waals surface area (Å²) < 4.78 is 0. The van der Waals surface area contributed by atoms with Gasteiger partial charge in [0.2, 0.25) is 11.8 Å². The molecule has 2 amide bonds.